The fourth-order valence-corrected chi connectivity index (χ4v) is 1.41. The van der Waals surface area contributed by atoms with Gasteiger partial charge in [-0.1, -0.05) is 0 Å². The number of aliphatic imine (C=N–C) groups is 1. The average molecular weight is 313 g/mol. The van der Waals surface area contributed by atoms with Gasteiger partial charge in [0.1, 0.15) is 6.61 Å². The molecule has 0 rings (SSSR count). The summed E-state index contributed by atoms with van der Waals surface area (Å²) < 4.78 is 45.2. The highest BCUT2D eigenvalue weighted by Crippen LogP contribution is 2.14. The predicted molar refractivity (Wildman–Crippen MR) is 76.6 cm³/mol. The minimum atomic E-state index is -4.26. The summed E-state index contributed by atoms with van der Waals surface area (Å²) in [5.41, 5.74) is 0. The van der Waals surface area contributed by atoms with Gasteiger partial charge in [-0.05, 0) is 26.7 Å². The topological polar surface area (TPSA) is 54.9 Å². The molecule has 21 heavy (non-hydrogen) atoms. The lowest BCUT2D eigenvalue weighted by atomic mass is 10.4. The molecule has 0 aliphatic heterocycles. The molecule has 0 atom stereocenters. The summed E-state index contributed by atoms with van der Waals surface area (Å²) in [6.45, 7) is 6.00. The van der Waals surface area contributed by atoms with Crippen molar-refractivity contribution in [1.82, 2.24) is 10.6 Å². The number of alkyl halides is 3. The van der Waals surface area contributed by atoms with E-state index in [1.165, 1.54) is 0 Å². The normalized spacial score (nSPS) is 12.5. The van der Waals surface area contributed by atoms with E-state index < -0.39 is 12.8 Å². The van der Waals surface area contributed by atoms with Crippen LogP contribution in [0.1, 0.15) is 26.7 Å². The Balaban J connectivity index is 3.73. The van der Waals surface area contributed by atoms with E-state index in [1.54, 1.807) is 0 Å². The first-order valence-electron chi connectivity index (χ1n) is 7.24. The van der Waals surface area contributed by atoms with Crippen molar-refractivity contribution in [2.24, 2.45) is 4.99 Å². The number of ether oxygens (including phenoxy) is 2. The Kier molecular flexibility index (Phi) is 12.1. The molecule has 0 bridgehead atoms. The molecule has 2 N–H and O–H groups in total. The first-order chi connectivity index (χ1) is 9.99. The smallest absolute Gasteiger partial charge is 0.382 e. The van der Waals surface area contributed by atoms with E-state index in [9.17, 15) is 13.2 Å². The molecule has 0 spiro atoms. The Morgan fingerprint density at radius 2 is 1.76 bits per heavy atom. The van der Waals surface area contributed by atoms with Gasteiger partial charge in [-0.2, -0.15) is 13.2 Å². The summed E-state index contributed by atoms with van der Waals surface area (Å²) in [6, 6.07) is 0. The fraction of sp³-hybridized carbons (Fsp3) is 0.923. The molecule has 126 valence electrons. The summed E-state index contributed by atoms with van der Waals surface area (Å²) in [5.74, 6) is 0.657. The van der Waals surface area contributed by atoms with Crippen LogP contribution in [0, 0.1) is 0 Å². The van der Waals surface area contributed by atoms with Crippen molar-refractivity contribution in [2.75, 3.05) is 46.1 Å². The van der Waals surface area contributed by atoms with Gasteiger partial charge in [-0.25, -0.2) is 0 Å². The second-order valence-electron chi connectivity index (χ2n) is 4.26. The number of nitrogens with zero attached hydrogens (tertiary/aromatic N) is 1. The second-order valence-corrected chi connectivity index (χ2v) is 4.26. The van der Waals surface area contributed by atoms with Crippen LogP contribution in [-0.4, -0.2) is 58.2 Å². The Labute approximate surface area is 124 Å². The summed E-state index contributed by atoms with van der Waals surface area (Å²) in [4.78, 5) is 4.26. The van der Waals surface area contributed by atoms with E-state index in [0.717, 1.165) is 19.5 Å². The van der Waals surface area contributed by atoms with Gasteiger partial charge in [0, 0.05) is 39.5 Å². The number of guanidine groups is 1. The largest absolute Gasteiger partial charge is 0.411 e. The van der Waals surface area contributed by atoms with E-state index >= 15 is 0 Å². The summed E-state index contributed by atoms with van der Waals surface area (Å²) >= 11 is 0. The molecule has 5 nitrogen and oxygen atoms in total. The molecule has 0 fully saturated rings. The molecule has 0 radical (unpaired) electrons. The number of halogens is 3. The number of hydrogen-bond donors (Lipinski definition) is 2. The van der Waals surface area contributed by atoms with Crippen LogP contribution >= 0.6 is 0 Å². The zero-order chi connectivity index (χ0) is 16.0. The fourth-order valence-electron chi connectivity index (χ4n) is 1.41. The molecule has 8 heteroatoms. The van der Waals surface area contributed by atoms with Gasteiger partial charge in [0.15, 0.2) is 5.96 Å². The summed E-state index contributed by atoms with van der Waals surface area (Å²) in [6.07, 6.45) is -2.95. The van der Waals surface area contributed by atoms with Crippen molar-refractivity contribution in [3.63, 3.8) is 0 Å². The van der Waals surface area contributed by atoms with Crippen LogP contribution < -0.4 is 10.6 Å². The van der Waals surface area contributed by atoms with E-state index in [-0.39, 0.29) is 6.61 Å². The first kappa shape index (κ1) is 20.0. The van der Waals surface area contributed by atoms with Crippen LogP contribution in [0.2, 0.25) is 0 Å². The van der Waals surface area contributed by atoms with Crippen molar-refractivity contribution in [3.8, 4) is 0 Å². The molecule has 0 saturated heterocycles. The predicted octanol–water partition coefficient (Wildman–Crippen LogP) is 1.94. The summed E-state index contributed by atoms with van der Waals surface area (Å²) in [5, 5.41) is 6.20. The van der Waals surface area contributed by atoms with Gasteiger partial charge in [-0.15, -0.1) is 0 Å². The van der Waals surface area contributed by atoms with E-state index in [4.69, 9.17) is 4.74 Å². The lowest BCUT2D eigenvalue weighted by Gasteiger charge is -2.11. The van der Waals surface area contributed by atoms with Crippen molar-refractivity contribution in [3.05, 3.63) is 0 Å². The lowest BCUT2D eigenvalue weighted by molar-refractivity contribution is -0.173. The number of hydrogen-bond acceptors (Lipinski definition) is 3. The Morgan fingerprint density at radius 1 is 1.05 bits per heavy atom. The van der Waals surface area contributed by atoms with Crippen molar-refractivity contribution in [2.45, 2.75) is 32.9 Å². The van der Waals surface area contributed by atoms with Crippen LogP contribution in [0.4, 0.5) is 13.2 Å². The third-order valence-corrected chi connectivity index (χ3v) is 2.29. The third kappa shape index (κ3) is 15.2. The highest BCUT2D eigenvalue weighted by atomic mass is 19.4. The molecular weight excluding hydrogens is 287 g/mol. The SMILES string of the molecule is CCNC(=NCCCOCC(F)(F)F)NCCCOCC. The monoisotopic (exact) mass is 313 g/mol. The molecule has 0 aromatic rings. The van der Waals surface area contributed by atoms with Crippen LogP contribution in [-0.2, 0) is 9.47 Å². The van der Waals surface area contributed by atoms with Crippen molar-refractivity contribution >= 4 is 5.96 Å². The Bertz CT molecular complexity index is 274. The number of rotatable bonds is 11. The molecule has 0 aliphatic rings. The molecule has 0 heterocycles. The molecule has 0 unspecified atom stereocenters. The highest BCUT2D eigenvalue weighted by molar-refractivity contribution is 5.79. The Morgan fingerprint density at radius 3 is 2.38 bits per heavy atom. The van der Waals surface area contributed by atoms with Gasteiger partial charge in [0.05, 0.1) is 0 Å². The zero-order valence-electron chi connectivity index (χ0n) is 12.8. The highest BCUT2D eigenvalue weighted by Gasteiger charge is 2.27. The average Bonchev–Trinajstić information content (AvgIpc) is 2.41. The number of nitrogens with one attached hydrogen (secondary N) is 2. The van der Waals surface area contributed by atoms with Gasteiger partial charge in [-0.3, -0.25) is 4.99 Å². The van der Waals surface area contributed by atoms with E-state index in [0.29, 0.717) is 32.1 Å². The molecular formula is C13H26F3N3O2. The van der Waals surface area contributed by atoms with Gasteiger partial charge < -0.3 is 20.1 Å². The van der Waals surface area contributed by atoms with Crippen LogP contribution in [0.3, 0.4) is 0 Å². The quantitative estimate of drug-likeness (QED) is 0.348. The minimum Gasteiger partial charge on any atom is -0.382 e. The maximum absolute atomic E-state index is 11.8. The summed E-state index contributed by atoms with van der Waals surface area (Å²) in [7, 11) is 0. The van der Waals surface area contributed by atoms with Crippen LogP contribution in [0.25, 0.3) is 0 Å². The maximum atomic E-state index is 11.8. The molecule has 0 amide bonds. The van der Waals surface area contributed by atoms with Gasteiger partial charge >= 0.3 is 6.18 Å². The third-order valence-electron chi connectivity index (χ3n) is 2.29. The van der Waals surface area contributed by atoms with E-state index in [2.05, 4.69) is 20.4 Å². The second kappa shape index (κ2) is 12.7. The molecule has 0 aliphatic carbocycles. The molecule has 0 saturated carbocycles. The van der Waals surface area contributed by atoms with Gasteiger partial charge in [0.25, 0.3) is 0 Å². The van der Waals surface area contributed by atoms with Crippen LogP contribution in [0.5, 0.6) is 0 Å². The van der Waals surface area contributed by atoms with Crippen molar-refractivity contribution in [1.29, 1.82) is 0 Å². The van der Waals surface area contributed by atoms with Crippen molar-refractivity contribution < 1.29 is 22.6 Å². The molecule has 0 aromatic carbocycles. The van der Waals surface area contributed by atoms with Gasteiger partial charge in [0.2, 0.25) is 0 Å². The zero-order valence-corrected chi connectivity index (χ0v) is 12.8. The lowest BCUT2D eigenvalue weighted by Crippen LogP contribution is -2.38. The minimum absolute atomic E-state index is 0.0484. The van der Waals surface area contributed by atoms with Crippen LogP contribution in [0.15, 0.2) is 4.99 Å². The standard InChI is InChI=1S/C13H26F3N3O2/c1-3-17-12(18-7-5-9-20-4-2)19-8-6-10-21-11-13(14,15)16/h3-11H2,1-2H3,(H2,17,18,19). The maximum Gasteiger partial charge on any atom is 0.411 e. The molecule has 0 aromatic heterocycles. The van der Waals surface area contributed by atoms with E-state index in [1.807, 2.05) is 13.8 Å². The Hall–Kier alpha value is -1.02. The first-order valence-corrected chi connectivity index (χ1v) is 7.24.